The SMILES string of the molecule is Cc1ccc(C(=O)NC(=Cc2c3ccccc3cc3ccccc23)C(=O)N2CCNCC2)cc1. The number of rotatable bonds is 4. The monoisotopic (exact) mass is 449 g/mol. The van der Waals surface area contributed by atoms with Gasteiger partial charge in [-0.15, -0.1) is 0 Å². The molecule has 5 rings (SSSR count). The number of aryl methyl sites for hydroxylation is 1. The van der Waals surface area contributed by atoms with Crippen molar-refractivity contribution >= 4 is 39.4 Å². The molecule has 0 aliphatic carbocycles. The van der Waals surface area contributed by atoms with Gasteiger partial charge in [0.05, 0.1) is 0 Å². The van der Waals surface area contributed by atoms with Crippen molar-refractivity contribution in [1.29, 1.82) is 0 Å². The van der Waals surface area contributed by atoms with E-state index in [1.165, 1.54) is 0 Å². The van der Waals surface area contributed by atoms with Gasteiger partial charge in [-0.1, -0.05) is 66.2 Å². The fourth-order valence-electron chi connectivity index (χ4n) is 4.44. The van der Waals surface area contributed by atoms with E-state index >= 15 is 0 Å². The highest BCUT2D eigenvalue weighted by atomic mass is 16.2. The fraction of sp³-hybridized carbons (Fsp3) is 0.172. The summed E-state index contributed by atoms with van der Waals surface area (Å²) in [6, 6.07) is 25.8. The molecular formula is C29H27N3O2. The van der Waals surface area contributed by atoms with Gasteiger partial charge in [0.25, 0.3) is 11.8 Å². The first-order chi connectivity index (χ1) is 16.6. The van der Waals surface area contributed by atoms with Gasteiger partial charge in [-0.2, -0.15) is 0 Å². The molecule has 1 aliphatic rings. The third-order valence-electron chi connectivity index (χ3n) is 6.30. The highest BCUT2D eigenvalue weighted by molar-refractivity contribution is 6.11. The summed E-state index contributed by atoms with van der Waals surface area (Å²) in [6.07, 6.45) is 1.85. The number of piperazine rings is 1. The van der Waals surface area contributed by atoms with Crippen LogP contribution in [0, 0.1) is 6.92 Å². The van der Waals surface area contributed by atoms with E-state index in [0.717, 1.165) is 45.8 Å². The molecular weight excluding hydrogens is 422 g/mol. The molecule has 5 heteroatoms. The van der Waals surface area contributed by atoms with Crippen LogP contribution in [0.3, 0.4) is 0 Å². The number of nitrogens with zero attached hydrogens (tertiary/aromatic N) is 1. The Hall–Kier alpha value is -3.96. The van der Waals surface area contributed by atoms with E-state index in [9.17, 15) is 9.59 Å². The van der Waals surface area contributed by atoms with E-state index in [1.54, 1.807) is 17.0 Å². The quantitative estimate of drug-likeness (QED) is 0.356. The molecule has 0 atom stereocenters. The van der Waals surface area contributed by atoms with Crippen molar-refractivity contribution in [2.75, 3.05) is 26.2 Å². The van der Waals surface area contributed by atoms with Crippen LogP contribution in [0.15, 0.2) is 84.6 Å². The minimum absolute atomic E-state index is 0.168. The van der Waals surface area contributed by atoms with Crippen molar-refractivity contribution < 1.29 is 9.59 Å². The van der Waals surface area contributed by atoms with Crippen LogP contribution in [0.1, 0.15) is 21.5 Å². The number of benzene rings is 4. The topological polar surface area (TPSA) is 61.4 Å². The summed E-state index contributed by atoms with van der Waals surface area (Å²) in [6.45, 7) is 4.66. The Kier molecular flexibility index (Phi) is 6.11. The Labute approximate surface area is 199 Å². The molecule has 5 nitrogen and oxygen atoms in total. The van der Waals surface area contributed by atoms with Gasteiger partial charge in [-0.05, 0) is 58.3 Å². The molecule has 170 valence electrons. The molecule has 0 bridgehead atoms. The summed E-state index contributed by atoms with van der Waals surface area (Å²) < 4.78 is 0. The zero-order valence-corrected chi connectivity index (χ0v) is 19.2. The molecule has 1 fully saturated rings. The van der Waals surface area contributed by atoms with Gasteiger partial charge >= 0.3 is 0 Å². The lowest BCUT2D eigenvalue weighted by molar-refractivity contribution is -0.127. The lowest BCUT2D eigenvalue weighted by Gasteiger charge is -2.28. The second-order valence-electron chi connectivity index (χ2n) is 8.65. The number of carbonyl (C=O) groups excluding carboxylic acids is 2. The molecule has 4 aromatic rings. The van der Waals surface area contributed by atoms with Crippen LogP contribution < -0.4 is 10.6 Å². The zero-order valence-electron chi connectivity index (χ0n) is 19.2. The summed E-state index contributed by atoms with van der Waals surface area (Å²) in [5, 5.41) is 10.5. The van der Waals surface area contributed by atoms with Crippen LogP contribution in [0.25, 0.3) is 27.6 Å². The van der Waals surface area contributed by atoms with E-state index in [-0.39, 0.29) is 17.5 Å². The van der Waals surface area contributed by atoms with Gasteiger partial charge in [-0.25, -0.2) is 0 Å². The van der Waals surface area contributed by atoms with Gasteiger partial charge in [0, 0.05) is 31.7 Å². The number of nitrogens with one attached hydrogen (secondary N) is 2. The Morgan fingerprint density at radius 1 is 0.853 bits per heavy atom. The minimum Gasteiger partial charge on any atom is -0.335 e. The van der Waals surface area contributed by atoms with Gasteiger partial charge < -0.3 is 15.5 Å². The highest BCUT2D eigenvalue weighted by Crippen LogP contribution is 2.30. The van der Waals surface area contributed by atoms with Gasteiger partial charge in [0.15, 0.2) is 0 Å². The van der Waals surface area contributed by atoms with Crippen molar-refractivity contribution in [3.8, 4) is 0 Å². The molecule has 0 spiro atoms. The molecule has 1 saturated heterocycles. The van der Waals surface area contributed by atoms with Crippen molar-refractivity contribution in [3.63, 3.8) is 0 Å². The van der Waals surface area contributed by atoms with Crippen LogP contribution in [-0.2, 0) is 4.79 Å². The van der Waals surface area contributed by atoms with Crippen molar-refractivity contribution in [1.82, 2.24) is 15.5 Å². The first-order valence-corrected chi connectivity index (χ1v) is 11.6. The summed E-state index contributed by atoms with van der Waals surface area (Å²) >= 11 is 0. The molecule has 1 heterocycles. The maximum atomic E-state index is 13.6. The van der Waals surface area contributed by atoms with E-state index in [4.69, 9.17) is 0 Å². The van der Waals surface area contributed by atoms with Crippen molar-refractivity contribution in [2.45, 2.75) is 6.92 Å². The Morgan fingerprint density at radius 2 is 1.44 bits per heavy atom. The first kappa shape index (κ1) is 21.9. The van der Waals surface area contributed by atoms with Crippen LogP contribution in [0.5, 0.6) is 0 Å². The number of carbonyl (C=O) groups is 2. The maximum absolute atomic E-state index is 13.6. The van der Waals surface area contributed by atoms with Crippen LogP contribution in [0.4, 0.5) is 0 Å². The third kappa shape index (κ3) is 4.43. The molecule has 0 unspecified atom stereocenters. The average Bonchev–Trinajstić information content (AvgIpc) is 2.88. The number of amides is 2. The highest BCUT2D eigenvalue weighted by Gasteiger charge is 2.23. The molecule has 4 aromatic carbocycles. The summed E-state index contributed by atoms with van der Waals surface area (Å²) in [5.41, 5.74) is 2.81. The molecule has 2 N–H and O–H groups in total. The third-order valence-corrected chi connectivity index (χ3v) is 6.30. The fourth-order valence-corrected chi connectivity index (χ4v) is 4.44. The number of hydrogen-bond donors (Lipinski definition) is 2. The molecule has 2 amide bonds. The summed E-state index contributed by atoms with van der Waals surface area (Å²) in [7, 11) is 0. The standard InChI is InChI=1S/C29H27N3O2/c1-20-10-12-21(13-11-20)28(33)31-27(29(34)32-16-14-30-15-17-32)19-26-24-8-4-2-6-22(24)18-23-7-3-5-9-25(23)26/h2-13,18-19,30H,14-17H2,1H3,(H,31,33). The van der Waals surface area contributed by atoms with Gasteiger partial charge in [0.2, 0.25) is 0 Å². The molecule has 34 heavy (non-hydrogen) atoms. The van der Waals surface area contributed by atoms with Gasteiger partial charge in [0.1, 0.15) is 5.70 Å². The van der Waals surface area contributed by atoms with E-state index in [0.29, 0.717) is 18.7 Å². The van der Waals surface area contributed by atoms with Crippen molar-refractivity contribution in [3.05, 3.63) is 101 Å². The Morgan fingerprint density at radius 3 is 2.06 bits per heavy atom. The minimum atomic E-state index is -0.292. The van der Waals surface area contributed by atoms with E-state index in [1.807, 2.05) is 49.4 Å². The largest absolute Gasteiger partial charge is 0.335 e. The van der Waals surface area contributed by atoms with Crippen molar-refractivity contribution in [2.24, 2.45) is 0 Å². The maximum Gasteiger partial charge on any atom is 0.270 e. The normalized spacial score (nSPS) is 14.4. The Bertz CT molecular complexity index is 1350. The smallest absolute Gasteiger partial charge is 0.270 e. The predicted octanol–water partition coefficient (Wildman–Crippen LogP) is 4.50. The average molecular weight is 450 g/mol. The molecule has 1 aliphatic heterocycles. The van der Waals surface area contributed by atoms with Crippen LogP contribution >= 0.6 is 0 Å². The lowest BCUT2D eigenvalue weighted by Crippen LogP contribution is -2.48. The summed E-state index contributed by atoms with van der Waals surface area (Å²) in [5.74, 6) is -0.460. The second kappa shape index (κ2) is 9.49. The number of fused-ring (bicyclic) bond motifs is 2. The predicted molar refractivity (Wildman–Crippen MR) is 138 cm³/mol. The number of hydrogen-bond acceptors (Lipinski definition) is 3. The zero-order chi connectivity index (χ0) is 23.5. The molecule has 0 radical (unpaired) electrons. The van der Waals surface area contributed by atoms with Gasteiger partial charge in [-0.3, -0.25) is 9.59 Å². The van der Waals surface area contributed by atoms with Crippen LogP contribution in [-0.4, -0.2) is 42.9 Å². The van der Waals surface area contributed by atoms with Crippen LogP contribution in [0.2, 0.25) is 0 Å². The van der Waals surface area contributed by atoms with E-state index < -0.39 is 0 Å². The lowest BCUT2D eigenvalue weighted by atomic mass is 9.96. The Balaban J connectivity index is 1.64. The van der Waals surface area contributed by atoms with E-state index in [2.05, 4.69) is 41.0 Å². The second-order valence-corrected chi connectivity index (χ2v) is 8.65. The first-order valence-electron chi connectivity index (χ1n) is 11.6. The molecule has 0 aromatic heterocycles. The summed E-state index contributed by atoms with van der Waals surface area (Å²) in [4.78, 5) is 28.5. The molecule has 0 saturated carbocycles.